The number of rotatable bonds is 4. The second kappa shape index (κ2) is 6.70. The van der Waals surface area contributed by atoms with Crippen LogP contribution >= 0.6 is 0 Å². The number of nitrogens with one attached hydrogen (secondary N) is 1. The van der Waals surface area contributed by atoms with E-state index in [0.717, 1.165) is 37.1 Å². The van der Waals surface area contributed by atoms with E-state index < -0.39 is 0 Å². The van der Waals surface area contributed by atoms with Crippen molar-refractivity contribution in [2.75, 3.05) is 11.9 Å². The van der Waals surface area contributed by atoms with Gasteiger partial charge in [0.25, 0.3) is 0 Å². The summed E-state index contributed by atoms with van der Waals surface area (Å²) in [6.45, 7) is 1.48. The molecule has 0 spiro atoms. The smallest absolute Gasteiger partial charge is 0.232 e. The molecule has 25 heavy (non-hydrogen) atoms. The highest BCUT2D eigenvalue weighted by Crippen LogP contribution is 2.35. The first-order valence-corrected chi connectivity index (χ1v) is 8.89. The molecule has 2 atom stereocenters. The molecule has 4 rings (SSSR count). The lowest BCUT2D eigenvalue weighted by atomic mass is 9.95. The van der Waals surface area contributed by atoms with Crippen LogP contribution in [0.3, 0.4) is 0 Å². The number of hydrogen-bond acceptors (Lipinski definition) is 3. The highest BCUT2D eigenvalue weighted by Gasteiger charge is 2.35. The van der Waals surface area contributed by atoms with E-state index in [1.54, 1.807) is 6.20 Å². The maximum absolute atomic E-state index is 13.0. The molecule has 1 saturated heterocycles. The summed E-state index contributed by atoms with van der Waals surface area (Å²) in [5.74, 6) is -0.389. The van der Waals surface area contributed by atoms with Gasteiger partial charge in [-0.25, -0.2) is 0 Å². The van der Waals surface area contributed by atoms with Crippen molar-refractivity contribution in [2.24, 2.45) is 0 Å². The zero-order valence-electron chi connectivity index (χ0n) is 14.1. The van der Waals surface area contributed by atoms with Crippen molar-refractivity contribution >= 4 is 17.5 Å². The average molecular weight is 338 g/mol. The molecule has 0 saturated carbocycles. The Labute approximate surface area is 146 Å². The number of nitrogens with zero attached hydrogens (tertiary/aromatic N) is 3. The molecule has 2 amide bonds. The van der Waals surface area contributed by atoms with Gasteiger partial charge in [0.05, 0.1) is 18.5 Å². The van der Waals surface area contributed by atoms with E-state index in [1.165, 1.54) is 0 Å². The number of carbonyl (C=O) groups excluding carboxylic acids is 2. The van der Waals surface area contributed by atoms with Crippen molar-refractivity contribution in [3.05, 3.63) is 48.3 Å². The molecule has 130 valence electrons. The van der Waals surface area contributed by atoms with Gasteiger partial charge in [0, 0.05) is 31.0 Å². The number of piperidine rings is 1. The molecule has 2 aliphatic rings. The van der Waals surface area contributed by atoms with Crippen LogP contribution in [-0.2, 0) is 16.1 Å². The fourth-order valence-electron chi connectivity index (χ4n) is 3.91. The Morgan fingerprint density at radius 2 is 2.12 bits per heavy atom. The van der Waals surface area contributed by atoms with Gasteiger partial charge in [-0.15, -0.1) is 0 Å². The normalized spacial score (nSPS) is 22.6. The van der Waals surface area contributed by atoms with Crippen LogP contribution < -0.4 is 5.32 Å². The Kier molecular flexibility index (Phi) is 4.26. The van der Waals surface area contributed by atoms with E-state index in [-0.39, 0.29) is 30.2 Å². The molecule has 0 unspecified atom stereocenters. The Morgan fingerprint density at radius 1 is 1.24 bits per heavy atom. The lowest BCUT2D eigenvalue weighted by Gasteiger charge is -2.36. The quantitative estimate of drug-likeness (QED) is 0.931. The molecule has 1 fully saturated rings. The maximum atomic E-state index is 13.0. The van der Waals surface area contributed by atoms with E-state index in [4.69, 9.17) is 0 Å². The van der Waals surface area contributed by atoms with Crippen LogP contribution in [0.4, 0.5) is 5.69 Å². The standard InChI is InChI=1S/C19H22N4O2/c24-18(12-16-15-7-1-2-8-17(15)21-19(16)25)23-11-4-3-6-14(23)13-22-10-5-9-20-22/h1-2,5,7-10,14,16H,3-4,6,11-13H2,(H,21,25)/t14-,16-/m1/s1. The molecule has 0 bridgehead atoms. The summed E-state index contributed by atoms with van der Waals surface area (Å²) in [7, 11) is 0. The third kappa shape index (κ3) is 3.16. The molecule has 1 aromatic carbocycles. The van der Waals surface area contributed by atoms with Gasteiger partial charge in [0.2, 0.25) is 11.8 Å². The highest BCUT2D eigenvalue weighted by molar-refractivity contribution is 6.04. The van der Waals surface area contributed by atoms with E-state index in [2.05, 4.69) is 10.4 Å². The summed E-state index contributed by atoms with van der Waals surface area (Å²) in [5.41, 5.74) is 1.76. The van der Waals surface area contributed by atoms with Crippen molar-refractivity contribution in [1.29, 1.82) is 0 Å². The first-order chi connectivity index (χ1) is 12.2. The minimum atomic E-state index is -0.379. The lowest BCUT2D eigenvalue weighted by molar-refractivity contribution is -0.137. The lowest BCUT2D eigenvalue weighted by Crippen LogP contribution is -2.46. The van der Waals surface area contributed by atoms with Crippen molar-refractivity contribution in [2.45, 2.75) is 44.2 Å². The van der Waals surface area contributed by atoms with Crippen molar-refractivity contribution in [1.82, 2.24) is 14.7 Å². The molecule has 6 heteroatoms. The summed E-state index contributed by atoms with van der Waals surface area (Å²) >= 11 is 0. The molecular weight excluding hydrogens is 316 g/mol. The number of fused-ring (bicyclic) bond motifs is 1. The van der Waals surface area contributed by atoms with Crippen LogP contribution in [0.2, 0.25) is 0 Å². The van der Waals surface area contributed by atoms with E-state index in [9.17, 15) is 9.59 Å². The molecule has 2 aromatic rings. The zero-order chi connectivity index (χ0) is 17.2. The number of anilines is 1. The van der Waals surface area contributed by atoms with Crippen LogP contribution in [0.1, 0.15) is 37.2 Å². The Hall–Kier alpha value is -2.63. The second-order valence-electron chi connectivity index (χ2n) is 6.80. The second-order valence-corrected chi connectivity index (χ2v) is 6.80. The van der Waals surface area contributed by atoms with Crippen molar-refractivity contribution in [3.63, 3.8) is 0 Å². The highest BCUT2D eigenvalue weighted by atomic mass is 16.2. The fourth-order valence-corrected chi connectivity index (χ4v) is 3.91. The monoisotopic (exact) mass is 338 g/mol. The predicted molar refractivity (Wildman–Crippen MR) is 94.0 cm³/mol. The fraction of sp³-hybridized carbons (Fsp3) is 0.421. The summed E-state index contributed by atoms with van der Waals surface area (Å²) in [4.78, 5) is 27.2. The first-order valence-electron chi connectivity index (χ1n) is 8.89. The first kappa shape index (κ1) is 15.9. The molecule has 3 heterocycles. The number of aromatic nitrogens is 2. The van der Waals surface area contributed by atoms with Gasteiger partial charge >= 0.3 is 0 Å². The van der Waals surface area contributed by atoms with E-state index >= 15 is 0 Å². The van der Waals surface area contributed by atoms with Gasteiger partial charge in [0.15, 0.2) is 0 Å². The number of likely N-dealkylation sites (tertiary alicyclic amines) is 1. The Balaban J connectivity index is 1.48. The molecule has 1 N–H and O–H groups in total. The zero-order valence-corrected chi connectivity index (χ0v) is 14.1. The Bertz CT molecular complexity index is 771. The molecule has 0 radical (unpaired) electrons. The summed E-state index contributed by atoms with van der Waals surface area (Å²) < 4.78 is 1.88. The summed E-state index contributed by atoms with van der Waals surface area (Å²) in [6.07, 6.45) is 7.06. The molecule has 2 aliphatic heterocycles. The third-order valence-corrected chi connectivity index (χ3v) is 5.19. The average Bonchev–Trinajstić information content (AvgIpc) is 3.24. The van der Waals surface area contributed by atoms with Crippen LogP contribution in [0.25, 0.3) is 0 Å². The van der Waals surface area contributed by atoms with Gasteiger partial charge in [-0.3, -0.25) is 14.3 Å². The minimum absolute atomic E-state index is 0.0636. The number of benzene rings is 1. The van der Waals surface area contributed by atoms with E-state index in [0.29, 0.717) is 6.54 Å². The predicted octanol–water partition coefficient (Wildman–Crippen LogP) is 2.39. The SMILES string of the molecule is O=C1Nc2ccccc2[C@H]1CC(=O)N1CCCC[C@@H]1Cn1cccn1. The third-order valence-electron chi connectivity index (χ3n) is 5.19. The summed E-state index contributed by atoms with van der Waals surface area (Å²) in [5, 5.41) is 7.14. The van der Waals surface area contributed by atoms with Gasteiger partial charge in [0.1, 0.15) is 0 Å². The molecular formula is C19H22N4O2. The number of amides is 2. The van der Waals surface area contributed by atoms with Gasteiger partial charge in [-0.2, -0.15) is 5.10 Å². The molecule has 0 aliphatic carbocycles. The molecule has 1 aromatic heterocycles. The largest absolute Gasteiger partial charge is 0.338 e. The number of para-hydroxylation sites is 1. The van der Waals surface area contributed by atoms with Crippen LogP contribution in [-0.4, -0.2) is 39.1 Å². The van der Waals surface area contributed by atoms with Gasteiger partial charge < -0.3 is 10.2 Å². The topological polar surface area (TPSA) is 67.2 Å². The maximum Gasteiger partial charge on any atom is 0.232 e. The van der Waals surface area contributed by atoms with Gasteiger partial charge in [-0.1, -0.05) is 18.2 Å². The van der Waals surface area contributed by atoms with Crippen molar-refractivity contribution < 1.29 is 9.59 Å². The van der Waals surface area contributed by atoms with E-state index in [1.807, 2.05) is 46.1 Å². The van der Waals surface area contributed by atoms with Crippen LogP contribution in [0, 0.1) is 0 Å². The Morgan fingerprint density at radius 3 is 2.96 bits per heavy atom. The minimum Gasteiger partial charge on any atom is -0.338 e. The van der Waals surface area contributed by atoms with Crippen molar-refractivity contribution in [3.8, 4) is 0 Å². The van der Waals surface area contributed by atoms with Crippen LogP contribution in [0.15, 0.2) is 42.7 Å². The molecule has 6 nitrogen and oxygen atoms in total. The van der Waals surface area contributed by atoms with Gasteiger partial charge in [-0.05, 0) is 37.0 Å². The summed E-state index contributed by atoms with van der Waals surface area (Å²) in [6, 6.07) is 9.68. The van der Waals surface area contributed by atoms with Crippen LogP contribution in [0.5, 0.6) is 0 Å². The number of carbonyl (C=O) groups is 2. The number of hydrogen-bond donors (Lipinski definition) is 1.